The molecular weight excluding hydrogens is 334 g/mol. The van der Waals surface area contributed by atoms with Gasteiger partial charge < -0.3 is 4.90 Å². The van der Waals surface area contributed by atoms with E-state index in [4.69, 9.17) is 0 Å². The van der Waals surface area contributed by atoms with Gasteiger partial charge in [0.05, 0.1) is 12.1 Å². The summed E-state index contributed by atoms with van der Waals surface area (Å²) < 4.78 is 29.2. The minimum atomic E-state index is -1.55. The zero-order chi connectivity index (χ0) is 18.1. The lowest BCUT2D eigenvalue weighted by molar-refractivity contribution is 0.0324. The van der Waals surface area contributed by atoms with Crippen molar-refractivity contribution in [3.05, 3.63) is 77.7 Å². The number of pyridine rings is 1. The average Bonchev–Trinajstić information content (AvgIpc) is 2.68. The number of fused-ring (bicyclic) bond motifs is 1. The molecule has 3 aromatic rings. The Kier molecular flexibility index (Phi) is 4.15. The Hall–Kier alpha value is -2.82. The van der Waals surface area contributed by atoms with E-state index in [1.807, 2.05) is 6.07 Å². The molecule has 0 spiro atoms. The molecule has 3 nitrogen and oxygen atoms in total. The van der Waals surface area contributed by atoms with Gasteiger partial charge in [-0.1, -0.05) is 42.5 Å². The van der Waals surface area contributed by atoms with Crippen LogP contribution in [0.25, 0.3) is 10.9 Å². The quantitative estimate of drug-likeness (QED) is 0.681. The van der Waals surface area contributed by atoms with Gasteiger partial charge in [-0.05, 0) is 30.5 Å². The van der Waals surface area contributed by atoms with Gasteiger partial charge in [0.2, 0.25) is 0 Å². The third-order valence-corrected chi connectivity index (χ3v) is 4.93. The van der Waals surface area contributed by atoms with Crippen molar-refractivity contribution < 1.29 is 13.6 Å². The Labute approximate surface area is 150 Å². The fraction of sp³-hybridized carbons (Fsp3) is 0.238. The highest BCUT2D eigenvalue weighted by atomic mass is 19.1. The molecule has 1 saturated heterocycles. The van der Waals surface area contributed by atoms with Gasteiger partial charge in [0, 0.05) is 18.1 Å². The summed E-state index contributed by atoms with van der Waals surface area (Å²) in [5.74, 6) is -0.701. The molecule has 1 atom stereocenters. The predicted molar refractivity (Wildman–Crippen MR) is 96.1 cm³/mol. The van der Waals surface area contributed by atoms with E-state index in [0.717, 1.165) is 0 Å². The first kappa shape index (κ1) is 16.6. The first-order valence-electron chi connectivity index (χ1n) is 8.65. The molecule has 0 saturated carbocycles. The second kappa shape index (κ2) is 6.48. The van der Waals surface area contributed by atoms with Crippen LogP contribution in [0.2, 0.25) is 0 Å². The van der Waals surface area contributed by atoms with Gasteiger partial charge in [-0.25, -0.2) is 8.78 Å². The number of piperidine rings is 1. The van der Waals surface area contributed by atoms with Crippen LogP contribution in [0.3, 0.4) is 0 Å². The number of nitrogens with zero attached hydrogens (tertiary/aromatic N) is 2. The molecule has 1 aliphatic heterocycles. The van der Waals surface area contributed by atoms with E-state index in [-0.39, 0.29) is 18.0 Å². The number of hydrogen-bond donors (Lipinski definition) is 0. The van der Waals surface area contributed by atoms with Gasteiger partial charge in [-0.15, -0.1) is 0 Å². The molecule has 2 heterocycles. The number of para-hydroxylation sites is 1. The van der Waals surface area contributed by atoms with Crippen LogP contribution in [0.4, 0.5) is 8.78 Å². The first-order chi connectivity index (χ1) is 12.6. The van der Waals surface area contributed by atoms with Gasteiger partial charge in [0.15, 0.2) is 5.67 Å². The van der Waals surface area contributed by atoms with Crippen molar-refractivity contribution in [2.75, 3.05) is 13.1 Å². The highest BCUT2D eigenvalue weighted by Gasteiger charge is 2.39. The summed E-state index contributed by atoms with van der Waals surface area (Å²) in [6.07, 6.45) is 2.35. The molecule has 1 fully saturated rings. The zero-order valence-electron chi connectivity index (χ0n) is 14.2. The van der Waals surface area contributed by atoms with Crippen LogP contribution in [0.5, 0.6) is 0 Å². The first-order valence-corrected chi connectivity index (χ1v) is 8.65. The molecule has 4 rings (SSSR count). The molecule has 2 aromatic carbocycles. The second-order valence-corrected chi connectivity index (χ2v) is 6.70. The normalized spacial score (nSPS) is 20.3. The molecule has 0 radical (unpaired) electrons. The third kappa shape index (κ3) is 2.94. The SMILES string of the molecule is O=C(c1cnc2c(F)cccc2c1)N1CCCC(F)(c2ccccc2)C1. The van der Waals surface area contributed by atoms with Crippen molar-refractivity contribution in [2.45, 2.75) is 18.5 Å². The lowest BCUT2D eigenvalue weighted by atomic mass is 9.87. The lowest BCUT2D eigenvalue weighted by Gasteiger charge is -2.37. The van der Waals surface area contributed by atoms with Gasteiger partial charge in [-0.2, -0.15) is 0 Å². The van der Waals surface area contributed by atoms with E-state index in [0.29, 0.717) is 35.9 Å². The molecular formula is C21H18F2N2O. The molecule has 132 valence electrons. The monoisotopic (exact) mass is 352 g/mol. The summed E-state index contributed by atoms with van der Waals surface area (Å²) in [5.41, 5.74) is -0.380. The highest BCUT2D eigenvalue weighted by molar-refractivity contribution is 5.97. The van der Waals surface area contributed by atoms with Crippen LogP contribution in [0.1, 0.15) is 28.8 Å². The Bertz CT molecular complexity index is 961. The molecule has 1 aromatic heterocycles. The van der Waals surface area contributed by atoms with Crippen LogP contribution in [-0.4, -0.2) is 28.9 Å². The van der Waals surface area contributed by atoms with Gasteiger partial charge >= 0.3 is 0 Å². The minimum absolute atomic E-state index is 0.0109. The number of aromatic nitrogens is 1. The fourth-order valence-electron chi connectivity index (χ4n) is 3.58. The summed E-state index contributed by atoms with van der Waals surface area (Å²) in [7, 11) is 0. The van der Waals surface area contributed by atoms with Crippen LogP contribution in [-0.2, 0) is 5.67 Å². The maximum atomic E-state index is 15.5. The smallest absolute Gasteiger partial charge is 0.255 e. The lowest BCUT2D eigenvalue weighted by Crippen LogP contribution is -2.46. The average molecular weight is 352 g/mol. The van der Waals surface area contributed by atoms with Gasteiger partial charge in [0.25, 0.3) is 5.91 Å². The predicted octanol–water partition coefficient (Wildman–Crippen LogP) is 4.47. The number of alkyl halides is 1. The standard InChI is InChI=1S/C21H18F2N2O/c22-18-9-4-6-15-12-16(13-24-19(15)18)20(26)25-11-5-10-21(23,14-25)17-7-2-1-3-8-17/h1-4,6-9,12-13H,5,10-11,14H2. The van der Waals surface area contributed by atoms with E-state index in [1.165, 1.54) is 17.2 Å². The molecule has 5 heteroatoms. The Morgan fingerprint density at radius 3 is 2.73 bits per heavy atom. The van der Waals surface area contributed by atoms with E-state index >= 15 is 4.39 Å². The minimum Gasteiger partial charge on any atom is -0.335 e. The van der Waals surface area contributed by atoms with Crippen LogP contribution >= 0.6 is 0 Å². The number of likely N-dealkylation sites (tertiary alicyclic amines) is 1. The van der Waals surface area contributed by atoms with E-state index in [9.17, 15) is 9.18 Å². The summed E-state index contributed by atoms with van der Waals surface area (Å²) >= 11 is 0. The summed E-state index contributed by atoms with van der Waals surface area (Å²) in [4.78, 5) is 18.5. The van der Waals surface area contributed by atoms with Gasteiger partial charge in [0.1, 0.15) is 11.3 Å². The summed E-state index contributed by atoms with van der Waals surface area (Å²) in [6.45, 7) is 0.509. The summed E-state index contributed by atoms with van der Waals surface area (Å²) in [5, 5.41) is 0.558. The number of carbonyl (C=O) groups excluding carboxylic acids is 1. The van der Waals surface area contributed by atoms with E-state index in [2.05, 4.69) is 4.98 Å². The number of amides is 1. The molecule has 1 aliphatic rings. The number of rotatable bonds is 2. The molecule has 1 unspecified atom stereocenters. The Morgan fingerprint density at radius 1 is 1.12 bits per heavy atom. The zero-order valence-corrected chi connectivity index (χ0v) is 14.2. The van der Waals surface area contributed by atoms with Crippen molar-refractivity contribution in [2.24, 2.45) is 0 Å². The van der Waals surface area contributed by atoms with Crippen molar-refractivity contribution in [3.8, 4) is 0 Å². The van der Waals surface area contributed by atoms with E-state index < -0.39 is 11.5 Å². The number of hydrogen-bond acceptors (Lipinski definition) is 2. The van der Waals surface area contributed by atoms with Crippen LogP contribution < -0.4 is 0 Å². The van der Waals surface area contributed by atoms with Crippen molar-refractivity contribution in [3.63, 3.8) is 0 Å². The van der Waals surface area contributed by atoms with Crippen molar-refractivity contribution in [1.29, 1.82) is 0 Å². The molecule has 0 aliphatic carbocycles. The summed E-state index contributed by atoms with van der Waals surface area (Å²) in [6, 6.07) is 15.2. The highest BCUT2D eigenvalue weighted by Crippen LogP contribution is 2.36. The van der Waals surface area contributed by atoms with E-state index in [1.54, 1.807) is 42.5 Å². The number of carbonyl (C=O) groups is 1. The Balaban J connectivity index is 1.62. The van der Waals surface area contributed by atoms with Crippen molar-refractivity contribution in [1.82, 2.24) is 9.88 Å². The van der Waals surface area contributed by atoms with Gasteiger partial charge in [-0.3, -0.25) is 9.78 Å². The molecule has 0 bridgehead atoms. The van der Waals surface area contributed by atoms with Crippen molar-refractivity contribution >= 4 is 16.8 Å². The fourth-order valence-corrected chi connectivity index (χ4v) is 3.58. The largest absolute Gasteiger partial charge is 0.335 e. The molecule has 0 N–H and O–H groups in total. The molecule has 1 amide bonds. The second-order valence-electron chi connectivity index (χ2n) is 6.70. The van der Waals surface area contributed by atoms with Crippen LogP contribution in [0, 0.1) is 5.82 Å². The van der Waals surface area contributed by atoms with Crippen LogP contribution in [0.15, 0.2) is 60.8 Å². The Morgan fingerprint density at radius 2 is 1.92 bits per heavy atom. The maximum absolute atomic E-state index is 15.5. The maximum Gasteiger partial charge on any atom is 0.255 e. The molecule has 26 heavy (non-hydrogen) atoms. The topological polar surface area (TPSA) is 33.2 Å². The number of benzene rings is 2. The number of halogens is 2. The third-order valence-electron chi connectivity index (χ3n) is 4.93.